The summed E-state index contributed by atoms with van der Waals surface area (Å²) in [6.07, 6.45) is -0.221. The summed E-state index contributed by atoms with van der Waals surface area (Å²) in [5, 5.41) is 13.6. The van der Waals surface area contributed by atoms with Crippen LogP contribution in [0.1, 0.15) is 19.4 Å². The van der Waals surface area contributed by atoms with E-state index >= 15 is 0 Å². The molecule has 0 aromatic heterocycles. The van der Waals surface area contributed by atoms with E-state index in [0.29, 0.717) is 11.5 Å². The van der Waals surface area contributed by atoms with Gasteiger partial charge in [0.15, 0.2) is 0 Å². The number of hydrogen-bond donors (Lipinski definition) is 1. The van der Waals surface area contributed by atoms with Gasteiger partial charge < -0.3 is 13.8 Å². The number of non-ortho nitro benzene ring substituents is 1. The first-order valence-electron chi connectivity index (χ1n) is 10.2. The highest BCUT2D eigenvalue weighted by atomic mass is 31.2. The van der Waals surface area contributed by atoms with E-state index in [1.165, 1.54) is 29.8 Å². The van der Waals surface area contributed by atoms with Crippen molar-refractivity contribution in [1.82, 2.24) is 5.09 Å². The lowest BCUT2D eigenvalue weighted by Gasteiger charge is -2.19. The number of nitro groups is 1. The molecule has 0 aliphatic rings. The molecular formula is C24H27N2O6P. The number of nitro benzene ring substituents is 1. The number of nitrogens with one attached hydrogen (secondary N) is 1. The van der Waals surface area contributed by atoms with Crippen LogP contribution in [-0.4, -0.2) is 23.5 Å². The monoisotopic (exact) mass is 470 g/mol. The first-order chi connectivity index (χ1) is 15.8. The van der Waals surface area contributed by atoms with Crippen molar-refractivity contribution in [3.05, 3.63) is 101 Å². The van der Waals surface area contributed by atoms with Crippen LogP contribution in [0.2, 0.25) is 0 Å². The van der Waals surface area contributed by atoms with Crippen molar-refractivity contribution in [2.75, 3.05) is 6.54 Å². The number of ether oxygens (including phenoxy) is 1. The van der Waals surface area contributed by atoms with Crippen molar-refractivity contribution in [3.63, 3.8) is 0 Å². The highest BCUT2D eigenvalue weighted by molar-refractivity contribution is 7.45. The molecule has 1 unspecified atom stereocenters. The van der Waals surface area contributed by atoms with E-state index in [4.69, 9.17) is 13.8 Å². The molecule has 174 valence electrons. The van der Waals surface area contributed by atoms with E-state index in [9.17, 15) is 14.9 Å². The number of nitrogens with zero attached hydrogens (tertiary/aromatic N) is 1. The third-order valence-electron chi connectivity index (χ3n) is 3.83. The van der Waals surface area contributed by atoms with E-state index < -0.39 is 19.4 Å². The highest BCUT2D eigenvalue weighted by Crippen LogP contribution is 2.37. The number of benzene rings is 3. The molecule has 3 rings (SSSR count). The van der Waals surface area contributed by atoms with E-state index in [-0.39, 0.29) is 18.3 Å². The lowest BCUT2D eigenvalue weighted by atomic mass is 10.2. The lowest BCUT2D eigenvalue weighted by Crippen LogP contribution is -2.25. The number of carbonyl (C=O) groups is 1. The van der Waals surface area contributed by atoms with Gasteiger partial charge >= 0.3 is 14.5 Å². The minimum Gasteiger partial charge on any atom is -0.462 e. The summed E-state index contributed by atoms with van der Waals surface area (Å²) in [7, 11) is -1.72. The molecule has 0 aliphatic carbocycles. The Morgan fingerprint density at radius 2 is 1.42 bits per heavy atom. The smallest absolute Gasteiger partial charge is 0.382 e. The van der Waals surface area contributed by atoms with Crippen LogP contribution >= 0.6 is 8.53 Å². The van der Waals surface area contributed by atoms with Crippen molar-refractivity contribution in [3.8, 4) is 11.5 Å². The fourth-order valence-corrected chi connectivity index (χ4v) is 3.40. The molecule has 0 saturated carbocycles. The van der Waals surface area contributed by atoms with Crippen molar-refractivity contribution in [1.29, 1.82) is 0 Å². The number of para-hydroxylation sites is 1. The first kappa shape index (κ1) is 25.8. The van der Waals surface area contributed by atoms with E-state index in [2.05, 4.69) is 24.1 Å². The van der Waals surface area contributed by atoms with Gasteiger partial charge in [-0.05, 0) is 45.0 Å². The number of aryl methyl sites for hydroxylation is 1. The van der Waals surface area contributed by atoms with E-state index in [0.717, 1.165) is 0 Å². The number of hydrogen-bond acceptors (Lipinski definition) is 7. The molecule has 0 saturated heterocycles. The number of carbonyl (C=O) groups excluding carboxylic acids is 1. The molecular weight excluding hydrogens is 443 g/mol. The second-order valence-corrected chi connectivity index (χ2v) is 8.23. The van der Waals surface area contributed by atoms with Gasteiger partial charge in [-0.15, -0.1) is 0 Å². The van der Waals surface area contributed by atoms with Crippen LogP contribution in [0.15, 0.2) is 84.9 Å². The average molecular weight is 470 g/mol. The van der Waals surface area contributed by atoms with Crippen LogP contribution in [-0.2, 0) is 9.53 Å². The Morgan fingerprint density at radius 1 is 0.909 bits per heavy atom. The van der Waals surface area contributed by atoms with Crippen LogP contribution in [0.4, 0.5) is 5.69 Å². The summed E-state index contributed by atoms with van der Waals surface area (Å²) in [5.74, 6) is 0.504. The predicted octanol–water partition coefficient (Wildman–Crippen LogP) is 5.82. The zero-order chi connectivity index (χ0) is 24.1. The molecule has 0 heterocycles. The average Bonchev–Trinajstić information content (AvgIpc) is 2.79. The molecule has 0 bridgehead atoms. The predicted molar refractivity (Wildman–Crippen MR) is 128 cm³/mol. The SMILES string of the molecule is CC(C)OC(=O)CNP(Oc1ccccc1)Oc1ccc([N+](=O)[O-])cc1.Cc1ccccc1. The van der Waals surface area contributed by atoms with Crippen LogP contribution in [0, 0.1) is 17.0 Å². The Labute approximate surface area is 194 Å². The summed E-state index contributed by atoms with van der Waals surface area (Å²) in [5.41, 5.74) is 1.28. The minimum atomic E-state index is -1.72. The number of rotatable bonds is 9. The summed E-state index contributed by atoms with van der Waals surface area (Å²) in [6.45, 7) is 5.51. The molecule has 0 aliphatic heterocycles. The normalized spacial score (nSPS) is 11.0. The van der Waals surface area contributed by atoms with E-state index in [1.807, 2.05) is 36.4 Å². The molecule has 0 fully saturated rings. The number of esters is 1. The maximum Gasteiger partial charge on any atom is 0.382 e. The van der Waals surface area contributed by atoms with Crippen molar-refractivity contribution < 1.29 is 23.5 Å². The summed E-state index contributed by atoms with van der Waals surface area (Å²) >= 11 is 0. The van der Waals surface area contributed by atoms with Crippen molar-refractivity contribution in [2.24, 2.45) is 0 Å². The highest BCUT2D eigenvalue weighted by Gasteiger charge is 2.18. The van der Waals surface area contributed by atoms with Gasteiger partial charge in [-0.3, -0.25) is 14.9 Å². The third-order valence-corrected chi connectivity index (χ3v) is 5.00. The van der Waals surface area contributed by atoms with Crippen LogP contribution in [0.3, 0.4) is 0 Å². The zero-order valence-corrected chi connectivity index (χ0v) is 19.6. The molecule has 0 radical (unpaired) electrons. The lowest BCUT2D eigenvalue weighted by molar-refractivity contribution is -0.384. The molecule has 1 atom stereocenters. The second-order valence-electron chi connectivity index (χ2n) is 7.03. The summed E-state index contributed by atoms with van der Waals surface area (Å²) in [4.78, 5) is 22.0. The van der Waals surface area contributed by atoms with E-state index in [1.54, 1.807) is 26.0 Å². The Morgan fingerprint density at radius 3 is 1.88 bits per heavy atom. The fourth-order valence-electron chi connectivity index (χ4n) is 2.35. The molecule has 3 aromatic carbocycles. The summed E-state index contributed by atoms with van der Waals surface area (Å²) < 4.78 is 16.5. The maximum atomic E-state index is 11.7. The van der Waals surface area contributed by atoms with Crippen molar-refractivity contribution in [2.45, 2.75) is 26.9 Å². The van der Waals surface area contributed by atoms with Gasteiger partial charge in [0.05, 0.1) is 11.0 Å². The molecule has 8 nitrogen and oxygen atoms in total. The second kappa shape index (κ2) is 13.8. The maximum absolute atomic E-state index is 11.7. The van der Waals surface area contributed by atoms with Crippen LogP contribution in [0.5, 0.6) is 11.5 Å². The molecule has 1 N–H and O–H groups in total. The molecule has 0 spiro atoms. The topological polar surface area (TPSA) is 99.9 Å². The third kappa shape index (κ3) is 10.6. The Hall–Kier alpha value is -3.48. The molecule has 9 heteroatoms. The Kier molecular flexibility index (Phi) is 10.8. The van der Waals surface area contributed by atoms with Gasteiger partial charge in [0, 0.05) is 12.1 Å². The van der Waals surface area contributed by atoms with Gasteiger partial charge in [0.1, 0.15) is 18.0 Å². The molecule has 0 amide bonds. The van der Waals surface area contributed by atoms with Crippen LogP contribution in [0.25, 0.3) is 0 Å². The molecule has 3 aromatic rings. The van der Waals surface area contributed by atoms with Crippen molar-refractivity contribution >= 4 is 20.2 Å². The van der Waals surface area contributed by atoms with Gasteiger partial charge in [0.25, 0.3) is 5.69 Å². The Bertz CT molecular complexity index is 985. The minimum absolute atomic E-state index is 0.0425. The van der Waals surface area contributed by atoms with Crippen LogP contribution < -0.4 is 14.1 Å². The standard InChI is InChI=1S/C17H19N2O6P.C7H8/c1-13(2)23-17(20)12-18-26(24-15-6-4-3-5-7-15)25-16-10-8-14(9-11-16)19(21)22;1-7-5-3-2-4-6-7/h3-11,13,18H,12H2,1-2H3;2-6H,1H3. The fraction of sp³-hybridized carbons (Fsp3) is 0.208. The van der Waals surface area contributed by atoms with Gasteiger partial charge in [0.2, 0.25) is 0 Å². The van der Waals surface area contributed by atoms with Gasteiger partial charge in [-0.2, -0.15) is 0 Å². The van der Waals surface area contributed by atoms with Gasteiger partial charge in [-0.1, -0.05) is 54.1 Å². The first-order valence-corrected chi connectivity index (χ1v) is 11.4. The molecule has 33 heavy (non-hydrogen) atoms. The van der Waals surface area contributed by atoms with Gasteiger partial charge in [-0.25, -0.2) is 5.09 Å². The Balaban J connectivity index is 0.000000468. The largest absolute Gasteiger partial charge is 0.462 e. The quantitative estimate of drug-likeness (QED) is 0.182. The summed E-state index contributed by atoms with van der Waals surface area (Å²) in [6, 6.07) is 24.8. The zero-order valence-electron chi connectivity index (χ0n) is 18.7.